The standard InChI is InChI=1S/C14H17NO/c1-2-3-4-10-16-14-7-5-6-12-11-15-9-8-13(12)14/h5-9,11H,2-4,10H2,1H3. The summed E-state index contributed by atoms with van der Waals surface area (Å²) >= 11 is 0. The minimum atomic E-state index is 0.801. The van der Waals surface area contributed by atoms with Crippen LogP contribution in [0.3, 0.4) is 0 Å². The number of aromatic nitrogens is 1. The Bertz CT molecular complexity index is 448. The van der Waals surface area contributed by atoms with Gasteiger partial charge in [0.15, 0.2) is 0 Å². The van der Waals surface area contributed by atoms with Crippen LogP contribution in [0.15, 0.2) is 36.7 Å². The molecule has 84 valence electrons. The highest BCUT2D eigenvalue weighted by atomic mass is 16.5. The molecule has 0 aliphatic rings. The smallest absolute Gasteiger partial charge is 0.127 e. The van der Waals surface area contributed by atoms with Crippen molar-refractivity contribution in [1.82, 2.24) is 4.98 Å². The van der Waals surface area contributed by atoms with Crippen molar-refractivity contribution in [2.24, 2.45) is 0 Å². The zero-order chi connectivity index (χ0) is 11.2. The van der Waals surface area contributed by atoms with Crippen LogP contribution in [0.4, 0.5) is 0 Å². The predicted molar refractivity (Wildman–Crippen MR) is 66.8 cm³/mol. The Morgan fingerprint density at radius 3 is 3.00 bits per heavy atom. The largest absolute Gasteiger partial charge is 0.493 e. The van der Waals surface area contributed by atoms with Gasteiger partial charge >= 0.3 is 0 Å². The van der Waals surface area contributed by atoms with E-state index in [-0.39, 0.29) is 0 Å². The van der Waals surface area contributed by atoms with Gasteiger partial charge in [0.05, 0.1) is 6.61 Å². The Morgan fingerprint density at radius 1 is 1.19 bits per heavy atom. The van der Waals surface area contributed by atoms with Crippen LogP contribution in [-0.2, 0) is 0 Å². The lowest BCUT2D eigenvalue weighted by Gasteiger charge is -2.08. The van der Waals surface area contributed by atoms with Gasteiger partial charge in [0.2, 0.25) is 0 Å². The zero-order valence-corrected chi connectivity index (χ0v) is 9.65. The van der Waals surface area contributed by atoms with Gasteiger partial charge in [-0.1, -0.05) is 31.9 Å². The van der Waals surface area contributed by atoms with Gasteiger partial charge in [0, 0.05) is 23.2 Å². The topological polar surface area (TPSA) is 22.1 Å². The average Bonchev–Trinajstić information content (AvgIpc) is 2.35. The van der Waals surface area contributed by atoms with Gasteiger partial charge in [0.1, 0.15) is 5.75 Å². The number of hydrogen-bond donors (Lipinski definition) is 0. The molecule has 16 heavy (non-hydrogen) atoms. The van der Waals surface area contributed by atoms with Crippen LogP contribution in [0, 0.1) is 0 Å². The Labute approximate surface area is 96.3 Å². The van der Waals surface area contributed by atoms with E-state index < -0.39 is 0 Å². The number of rotatable bonds is 5. The van der Waals surface area contributed by atoms with Crippen molar-refractivity contribution in [3.8, 4) is 5.75 Å². The molecule has 0 saturated carbocycles. The summed E-state index contributed by atoms with van der Waals surface area (Å²) < 4.78 is 5.79. The van der Waals surface area contributed by atoms with E-state index in [0.29, 0.717) is 0 Å². The summed E-state index contributed by atoms with van der Waals surface area (Å²) in [5, 5.41) is 2.28. The molecule has 0 amide bonds. The molecular formula is C14H17NO. The lowest BCUT2D eigenvalue weighted by Crippen LogP contribution is -1.97. The second kappa shape index (κ2) is 5.50. The Kier molecular flexibility index (Phi) is 3.76. The third-order valence-electron chi connectivity index (χ3n) is 2.65. The van der Waals surface area contributed by atoms with Crippen LogP contribution in [0.2, 0.25) is 0 Å². The Morgan fingerprint density at radius 2 is 2.12 bits per heavy atom. The van der Waals surface area contributed by atoms with E-state index in [1.807, 2.05) is 24.4 Å². The van der Waals surface area contributed by atoms with E-state index in [0.717, 1.165) is 29.5 Å². The molecule has 1 heterocycles. The molecule has 2 aromatic rings. The molecule has 0 N–H and O–H groups in total. The third-order valence-corrected chi connectivity index (χ3v) is 2.65. The highest BCUT2D eigenvalue weighted by molar-refractivity contribution is 5.87. The fourth-order valence-electron chi connectivity index (χ4n) is 1.75. The number of nitrogens with zero attached hydrogens (tertiary/aromatic N) is 1. The normalized spacial score (nSPS) is 10.6. The van der Waals surface area contributed by atoms with Gasteiger partial charge in [-0.3, -0.25) is 4.98 Å². The molecule has 0 fully saturated rings. The lowest BCUT2D eigenvalue weighted by atomic mass is 10.1. The maximum Gasteiger partial charge on any atom is 0.127 e. The molecule has 1 aromatic carbocycles. The second-order valence-electron chi connectivity index (χ2n) is 3.91. The number of fused-ring (bicyclic) bond motifs is 1. The number of benzene rings is 1. The Hall–Kier alpha value is -1.57. The maximum atomic E-state index is 5.79. The molecule has 2 rings (SSSR count). The minimum Gasteiger partial charge on any atom is -0.493 e. The molecule has 0 aliphatic carbocycles. The van der Waals surface area contributed by atoms with E-state index in [1.165, 1.54) is 12.8 Å². The predicted octanol–water partition coefficient (Wildman–Crippen LogP) is 3.80. The number of ether oxygens (including phenoxy) is 1. The fourth-order valence-corrected chi connectivity index (χ4v) is 1.75. The van der Waals surface area contributed by atoms with Crippen molar-refractivity contribution < 1.29 is 4.74 Å². The van der Waals surface area contributed by atoms with Crippen molar-refractivity contribution in [1.29, 1.82) is 0 Å². The SMILES string of the molecule is CCCCCOc1cccc2cnccc12. The van der Waals surface area contributed by atoms with Gasteiger partial charge < -0.3 is 4.74 Å². The molecule has 2 heteroatoms. The van der Waals surface area contributed by atoms with E-state index in [9.17, 15) is 0 Å². The highest BCUT2D eigenvalue weighted by Crippen LogP contribution is 2.24. The summed E-state index contributed by atoms with van der Waals surface area (Å²) in [6, 6.07) is 8.10. The second-order valence-corrected chi connectivity index (χ2v) is 3.91. The van der Waals surface area contributed by atoms with E-state index >= 15 is 0 Å². The van der Waals surface area contributed by atoms with E-state index in [2.05, 4.69) is 18.0 Å². The maximum absolute atomic E-state index is 5.79. The van der Waals surface area contributed by atoms with Crippen molar-refractivity contribution >= 4 is 10.8 Å². The highest BCUT2D eigenvalue weighted by Gasteiger charge is 2.00. The van der Waals surface area contributed by atoms with E-state index in [1.54, 1.807) is 6.20 Å². The van der Waals surface area contributed by atoms with Gasteiger partial charge in [-0.15, -0.1) is 0 Å². The van der Waals surface area contributed by atoms with Crippen LogP contribution in [0.5, 0.6) is 5.75 Å². The molecule has 0 saturated heterocycles. The first-order valence-electron chi connectivity index (χ1n) is 5.87. The van der Waals surface area contributed by atoms with Crippen LogP contribution in [-0.4, -0.2) is 11.6 Å². The van der Waals surface area contributed by atoms with Crippen LogP contribution < -0.4 is 4.74 Å². The van der Waals surface area contributed by atoms with Crippen molar-refractivity contribution in [2.75, 3.05) is 6.61 Å². The average molecular weight is 215 g/mol. The first kappa shape index (κ1) is 10.9. The number of hydrogen-bond acceptors (Lipinski definition) is 2. The van der Waals surface area contributed by atoms with Gasteiger partial charge in [-0.25, -0.2) is 0 Å². The van der Waals surface area contributed by atoms with Crippen molar-refractivity contribution in [2.45, 2.75) is 26.2 Å². The molecule has 0 aliphatic heterocycles. The molecule has 1 aromatic heterocycles. The van der Waals surface area contributed by atoms with Gasteiger partial charge in [0.25, 0.3) is 0 Å². The molecule has 0 radical (unpaired) electrons. The quantitative estimate of drug-likeness (QED) is 0.708. The van der Waals surface area contributed by atoms with Crippen molar-refractivity contribution in [3.05, 3.63) is 36.7 Å². The first-order chi connectivity index (χ1) is 7.92. The summed E-state index contributed by atoms with van der Waals surface area (Å²) in [6.07, 6.45) is 7.25. The van der Waals surface area contributed by atoms with Crippen LogP contribution in [0.1, 0.15) is 26.2 Å². The Balaban J connectivity index is 2.11. The summed E-state index contributed by atoms with van der Waals surface area (Å²) in [4.78, 5) is 4.11. The number of pyridine rings is 1. The van der Waals surface area contributed by atoms with Crippen molar-refractivity contribution in [3.63, 3.8) is 0 Å². The van der Waals surface area contributed by atoms with Crippen LogP contribution >= 0.6 is 0 Å². The number of unbranched alkanes of at least 4 members (excludes halogenated alkanes) is 2. The molecule has 0 bridgehead atoms. The summed E-state index contributed by atoms with van der Waals surface area (Å²) in [6.45, 7) is 3.00. The fraction of sp³-hybridized carbons (Fsp3) is 0.357. The monoisotopic (exact) mass is 215 g/mol. The molecule has 2 nitrogen and oxygen atoms in total. The third kappa shape index (κ3) is 2.51. The molecular weight excluding hydrogens is 198 g/mol. The molecule has 0 spiro atoms. The minimum absolute atomic E-state index is 0.801. The van der Waals surface area contributed by atoms with E-state index in [4.69, 9.17) is 4.74 Å². The van der Waals surface area contributed by atoms with Gasteiger partial charge in [-0.2, -0.15) is 0 Å². The summed E-state index contributed by atoms with van der Waals surface area (Å²) in [5.41, 5.74) is 0. The molecule has 0 atom stereocenters. The lowest BCUT2D eigenvalue weighted by molar-refractivity contribution is 0.310. The summed E-state index contributed by atoms with van der Waals surface area (Å²) in [5.74, 6) is 0.969. The summed E-state index contributed by atoms with van der Waals surface area (Å²) in [7, 11) is 0. The molecule has 0 unspecified atom stereocenters. The van der Waals surface area contributed by atoms with Crippen LogP contribution in [0.25, 0.3) is 10.8 Å². The van der Waals surface area contributed by atoms with Gasteiger partial charge in [-0.05, 0) is 18.6 Å². The zero-order valence-electron chi connectivity index (χ0n) is 9.65. The first-order valence-corrected chi connectivity index (χ1v) is 5.87.